The van der Waals surface area contributed by atoms with Gasteiger partial charge >= 0.3 is 0 Å². The molecule has 0 radical (unpaired) electrons. The van der Waals surface area contributed by atoms with Gasteiger partial charge in [-0.3, -0.25) is 4.72 Å². The van der Waals surface area contributed by atoms with Gasteiger partial charge in [-0.05, 0) is 24.3 Å². The van der Waals surface area contributed by atoms with E-state index in [1.807, 2.05) is 30.3 Å². The molecule has 7 heteroatoms. The second kappa shape index (κ2) is 6.55. The van der Waals surface area contributed by atoms with Crippen LogP contribution < -0.4 is 15.2 Å². The minimum Gasteiger partial charge on any atom is -0.457 e. The third kappa shape index (κ3) is 5.05. The average Bonchev–Trinajstić information content (AvgIpc) is 2.38. The lowest BCUT2D eigenvalue weighted by Crippen LogP contribution is -2.26. The van der Waals surface area contributed by atoms with Crippen molar-refractivity contribution in [3.8, 4) is 11.5 Å². The molecule has 21 heavy (non-hydrogen) atoms. The molecule has 0 atom stereocenters. The van der Waals surface area contributed by atoms with Crippen molar-refractivity contribution in [3.63, 3.8) is 0 Å². The van der Waals surface area contributed by atoms with Gasteiger partial charge in [0.2, 0.25) is 10.0 Å². The number of rotatable bonds is 6. The highest BCUT2D eigenvalue weighted by Gasteiger charge is 2.12. The Morgan fingerprint density at radius 3 is 2.43 bits per heavy atom. The van der Waals surface area contributed by atoms with Gasteiger partial charge in [0.25, 0.3) is 0 Å². The molecule has 0 unspecified atom stereocenters. The number of ether oxygens (including phenoxy) is 1. The molecule has 0 saturated carbocycles. The summed E-state index contributed by atoms with van der Waals surface area (Å²) in [6, 6.07) is 15.8. The number of sulfonamides is 1. The zero-order valence-corrected chi connectivity index (χ0v) is 12.7. The minimum absolute atomic E-state index is 0.0841. The lowest BCUT2D eigenvalue weighted by Gasteiger charge is -2.10. The maximum absolute atomic E-state index is 11.8. The molecule has 2 aromatic rings. The average molecular weight is 322 g/mol. The third-order valence-corrected chi connectivity index (χ3v) is 3.98. The normalized spacial score (nSPS) is 10.9. The highest BCUT2D eigenvalue weighted by molar-refractivity contribution is 7.95. The van der Waals surface area contributed by atoms with Crippen molar-refractivity contribution >= 4 is 32.9 Å². The van der Waals surface area contributed by atoms with E-state index in [1.165, 1.54) is 0 Å². The van der Waals surface area contributed by atoms with Crippen molar-refractivity contribution in [3.05, 3.63) is 54.6 Å². The van der Waals surface area contributed by atoms with E-state index in [-0.39, 0.29) is 4.99 Å². The molecule has 0 bridgehead atoms. The van der Waals surface area contributed by atoms with E-state index >= 15 is 0 Å². The van der Waals surface area contributed by atoms with Crippen LogP contribution >= 0.6 is 12.2 Å². The molecular weight excluding hydrogens is 308 g/mol. The van der Waals surface area contributed by atoms with Crippen molar-refractivity contribution in [2.45, 2.75) is 0 Å². The Labute approximate surface area is 128 Å². The first-order valence-electron chi connectivity index (χ1n) is 6.06. The van der Waals surface area contributed by atoms with Crippen molar-refractivity contribution in [1.82, 2.24) is 0 Å². The van der Waals surface area contributed by atoms with Crippen LogP contribution in [0.4, 0.5) is 5.69 Å². The Morgan fingerprint density at radius 1 is 1.10 bits per heavy atom. The fraction of sp³-hybridized carbons (Fsp3) is 0.0714. The Balaban J connectivity index is 2.13. The first-order chi connectivity index (χ1) is 9.94. The van der Waals surface area contributed by atoms with E-state index in [4.69, 9.17) is 10.5 Å². The number of benzene rings is 2. The number of hydrogen-bond donors (Lipinski definition) is 2. The monoisotopic (exact) mass is 322 g/mol. The summed E-state index contributed by atoms with van der Waals surface area (Å²) >= 11 is 4.61. The second-order valence-electron chi connectivity index (χ2n) is 4.27. The van der Waals surface area contributed by atoms with Crippen LogP contribution in [-0.4, -0.2) is 19.2 Å². The summed E-state index contributed by atoms with van der Waals surface area (Å²) in [5, 5.41) is 0. The predicted octanol–water partition coefficient (Wildman–Crippen LogP) is 2.51. The van der Waals surface area contributed by atoms with Crippen LogP contribution in [-0.2, 0) is 10.0 Å². The quantitative estimate of drug-likeness (QED) is 0.799. The lowest BCUT2D eigenvalue weighted by molar-refractivity contribution is 0.483. The molecule has 2 aromatic carbocycles. The third-order valence-electron chi connectivity index (χ3n) is 2.42. The molecule has 0 aliphatic carbocycles. The molecule has 0 fully saturated rings. The predicted molar refractivity (Wildman–Crippen MR) is 87.2 cm³/mol. The van der Waals surface area contributed by atoms with Crippen LogP contribution in [0, 0.1) is 0 Å². The van der Waals surface area contributed by atoms with E-state index in [2.05, 4.69) is 16.9 Å². The standard InChI is InChI=1S/C14H14N2O3S2/c15-14(20)10-21(17,18)16-11-5-4-8-13(9-11)19-12-6-2-1-3-7-12/h1-9,16H,10H2,(H2,15,20). The number of nitrogens with two attached hydrogens (primary N) is 1. The van der Waals surface area contributed by atoms with Gasteiger partial charge in [0, 0.05) is 6.07 Å². The molecule has 0 amide bonds. The molecule has 110 valence electrons. The summed E-state index contributed by atoms with van der Waals surface area (Å²) in [7, 11) is -3.60. The lowest BCUT2D eigenvalue weighted by atomic mass is 10.3. The summed E-state index contributed by atoms with van der Waals surface area (Å²) in [5.74, 6) is 0.795. The largest absolute Gasteiger partial charge is 0.457 e. The Bertz CT molecular complexity index is 731. The van der Waals surface area contributed by atoms with Crippen molar-refractivity contribution in [2.24, 2.45) is 5.73 Å². The zero-order valence-electron chi connectivity index (χ0n) is 11.0. The fourth-order valence-corrected chi connectivity index (χ4v) is 3.05. The van der Waals surface area contributed by atoms with Gasteiger partial charge in [0.15, 0.2) is 0 Å². The van der Waals surface area contributed by atoms with Gasteiger partial charge in [-0.15, -0.1) is 0 Å². The smallest absolute Gasteiger partial charge is 0.239 e. The molecule has 3 N–H and O–H groups in total. The molecular formula is C14H14N2O3S2. The van der Waals surface area contributed by atoms with Gasteiger partial charge in [0.05, 0.1) is 10.7 Å². The van der Waals surface area contributed by atoms with Gasteiger partial charge in [-0.1, -0.05) is 36.5 Å². The number of anilines is 1. The first-order valence-corrected chi connectivity index (χ1v) is 8.12. The molecule has 0 aliphatic heterocycles. The maximum atomic E-state index is 11.8. The topological polar surface area (TPSA) is 81.4 Å². The molecule has 0 aromatic heterocycles. The van der Waals surface area contributed by atoms with Crippen LogP contribution in [0.25, 0.3) is 0 Å². The summed E-state index contributed by atoms with van der Waals surface area (Å²) in [4.78, 5) is -0.0841. The van der Waals surface area contributed by atoms with E-state index < -0.39 is 15.8 Å². The number of para-hydroxylation sites is 1. The van der Waals surface area contributed by atoms with Crippen LogP contribution in [0.15, 0.2) is 54.6 Å². The van der Waals surface area contributed by atoms with Crippen molar-refractivity contribution in [1.29, 1.82) is 0 Å². The van der Waals surface area contributed by atoms with Crippen LogP contribution in [0.1, 0.15) is 0 Å². The fourth-order valence-electron chi connectivity index (χ4n) is 1.65. The molecule has 0 aliphatic rings. The SMILES string of the molecule is NC(=S)CS(=O)(=O)Nc1cccc(Oc2ccccc2)c1. The molecule has 0 heterocycles. The van der Waals surface area contributed by atoms with Crippen molar-refractivity contribution < 1.29 is 13.2 Å². The van der Waals surface area contributed by atoms with E-state index in [0.717, 1.165) is 0 Å². The molecule has 2 rings (SSSR count). The Hall–Kier alpha value is -2.12. The van der Waals surface area contributed by atoms with Crippen LogP contribution in [0.3, 0.4) is 0 Å². The molecule has 0 saturated heterocycles. The van der Waals surface area contributed by atoms with E-state index in [9.17, 15) is 8.42 Å². The number of nitrogens with one attached hydrogen (secondary N) is 1. The second-order valence-corrected chi connectivity index (χ2v) is 6.52. The molecule has 5 nitrogen and oxygen atoms in total. The zero-order chi connectivity index (χ0) is 15.3. The van der Waals surface area contributed by atoms with Gasteiger partial charge in [-0.2, -0.15) is 0 Å². The van der Waals surface area contributed by atoms with Crippen molar-refractivity contribution in [2.75, 3.05) is 10.5 Å². The van der Waals surface area contributed by atoms with Gasteiger partial charge in [-0.25, -0.2) is 8.42 Å². The summed E-state index contributed by atoms with van der Waals surface area (Å²) < 4.78 is 31.6. The van der Waals surface area contributed by atoms with E-state index in [1.54, 1.807) is 24.3 Å². The first kappa shape index (κ1) is 15.3. The van der Waals surface area contributed by atoms with Gasteiger partial charge in [0.1, 0.15) is 17.3 Å². The van der Waals surface area contributed by atoms with Gasteiger partial charge < -0.3 is 10.5 Å². The summed E-state index contributed by atoms with van der Waals surface area (Å²) in [6.07, 6.45) is 0. The van der Waals surface area contributed by atoms with Crippen LogP contribution in [0.5, 0.6) is 11.5 Å². The maximum Gasteiger partial charge on any atom is 0.239 e. The Morgan fingerprint density at radius 2 is 1.76 bits per heavy atom. The highest BCUT2D eigenvalue weighted by Crippen LogP contribution is 2.24. The Kier molecular flexibility index (Phi) is 4.77. The van der Waals surface area contributed by atoms with E-state index in [0.29, 0.717) is 17.2 Å². The summed E-state index contributed by atoms with van der Waals surface area (Å²) in [6.45, 7) is 0. The number of thiocarbonyl (C=S) groups is 1. The van der Waals surface area contributed by atoms with Crippen LogP contribution in [0.2, 0.25) is 0 Å². The minimum atomic E-state index is -3.60. The highest BCUT2D eigenvalue weighted by atomic mass is 32.2. The number of hydrogen-bond acceptors (Lipinski definition) is 4. The molecule has 0 spiro atoms. The summed E-state index contributed by atoms with van der Waals surface area (Å²) in [5.41, 5.74) is 5.64.